The van der Waals surface area contributed by atoms with E-state index < -0.39 is 0 Å². The van der Waals surface area contributed by atoms with Gasteiger partial charge in [0.15, 0.2) is 0 Å². The highest BCUT2D eigenvalue weighted by molar-refractivity contribution is 7.99. The van der Waals surface area contributed by atoms with E-state index in [4.69, 9.17) is 0 Å². The molecule has 3 nitrogen and oxygen atoms in total. The predicted molar refractivity (Wildman–Crippen MR) is 66.2 cm³/mol. The van der Waals surface area contributed by atoms with Crippen LogP contribution >= 0.6 is 11.8 Å². The fraction of sp³-hybridized carbons (Fsp3) is 0.909. The number of nitrogens with one attached hydrogen (secondary N) is 2. The fourth-order valence-electron chi connectivity index (χ4n) is 1.86. The molecule has 88 valence electrons. The molecule has 2 unspecified atom stereocenters. The molecule has 4 heteroatoms. The Hall–Kier alpha value is -0.220. The van der Waals surface area contributed by atoms with Crippen molar-refractivity contribution in [2.45, 2.75) is 45.2 Å². The lowest BCUT2D eigenvalue weighted by atomic mass is 10.1. The average Bonchev–Trinajstić information content (AvgIpc) is 2.39. The summed E-state index contributed by atoms with van der Waals surface area (Å²) in [4.78, 5) is 11.3. The van der Waals surface area contributed by atoms with Crippen LogP contribution < -0.4 is 10.6 Å². The van der Waals surface area contributed by atoms with Crippen molar-refractivity contribution in [1.29, 1.82) is 0 Å². The third-order valence-electron chi connectivity index (χ3n) is 2.58. The predicted octanol–water partition coefficient (Wildman–Crippen LogP) is 1.39. The number of rotatable bonds is 5. The highest BCUT2D eigenvalue weighted by atomic mass is 32.2. The molecule has 1 aliphatic heterocycles. The molecule has 2 N–H and O–H groups in total. The molecule has 0 aromatic heterocycles. The second-order valence-corrected chi connectivity index (χ2v) is 5.44. The topological polar surface area (TPSA) is 41.1 Å². The standard InChI is InChI=1S/C11H22N2OS/c1-3-15-8-9(2)13-10-5-4-6-12-11(14)7-10/h9-10,13H,3-8H2,1-2H3,(H,12,14). The van der Waals surface area contributed by atoms with Gasteiger partial charge in [0.05, 0.1) is 0 Å². The first-order valence-corrected chi connectivity index (χ1v) is 6.98. The minimum atomic E-state index is 0.195. The second kappa shape index (κ2) is 7.12. The van der Waals surface area contributed by atoms with E-state index in [2.05, 4.69) is 24.5 Å². The van der Waals surface area contributed by atoms with Gasteiger partial charge in [0.2, 0.25) is 5.91 Å². The summed E-state index contributed by atoms with van der Waals surface area (Å²) < 4.78 is 0. The van der Waals surface area contributed by atoms with Gasteiger partial charge in [-0.25, -0.2) is 0 Å². The van der Waals surface area contributed by atoms with Crippen LogP contribution in [-0.4, -0.2) is 36.0 Å². The Bertz CT molecular complexity index is 199. The van der Waals surface area contributed by atoms with E-state index >= 15 is 0 Å². The number of hydrogen-bond donors (Lipinski definition) is 2. The summed E-state index contributed by atoms with van der Waals surface area (Å²) in [6.07, 6.45) is 2.85. The number of carbonyl (C=O) groups is 1. The minimum Gasteiger partial charge on any atom is -0.356 e. The zero-order chi connectivity index (χ0) is 11.1. The summed E-state index contributed by atoms with van der Waals surface area (Å²) in [5, 5.41) is 6.45. The average molecular weight is 230 g/mol. The molecule has 1 saturated heterocycles. The molecule has 1 rings (SSSR count). The van der Waals surface area contributed by atoms with Gasteiger partial charge in [-0.3, -0.25) is 4.79 Å². The molecule has 1 fully saturated rings. The second-order valence-electron chi connectivity index (χ2n) is 4.12. The molecule has 1 aliphatic rings. The van der Waals surface area contributed by atoms with Crippen molar-refractivity contribution in [2.75, 3.05) is 18.1 Å². The highest BCUT2D eigenvalue weighted by Crippen LogP contribution is 2.09. The summed E-state index contributed by atoms with van der Waals surface area (Å²) in [7, 11) is 0. The monoisotopic (exact) mass is 230 g/mol. The van der Waals surface area contributed by atoms with E-state index in [1.54, 1.807) is 0 Å². The maximum Gasteiger partial charge on any atom is 0.221 e. The SMILES string of the molecule is CCSCC(C)NC1CCCNC(=O)C1. The summed E-state index contributed by atoms with van der Waals surface area (Å²) in [6.45, 7) is 5.22. The third kappa shape index (κ3) is 5.42. The van der Waals surface area contributed by atoms with Crippen LogP contribution in [0.5, 0.6) is 0 Å². The molecule has 1 amide bonds. The maximum absolute atomic E-state index is 11.3. The molecule has 1 heterocycles. The number of amides is 1. The Morgan fingerprint density at radius 3 is 3.20 bits per heavy atom. The van der Waals surface area contributed by atoms with Gasteiger partial charge < -0.3 is 10.6 Å². The molecular weight excluding hydrogens is 208 g/mol. The highest BCUT2D eigenvalue weighted by Gasteiger charge is 2.18. The van der Waals surface area contributed by atoms with Gasteiger partial charge in [0.1, 0.15) is 0 Å². The van der Waals surface area contributed by atoms with Gasteiger partial charge >= 0.3 is 0 Å². The van der Waals surface area contributed by atoms with Crippen molar-refractivity contribution < 1.29 is 4.79 Å². The first kappa shape index (κ1) is 12.8. The van der Waals surface area contributed by atoms with Crippen LogP contribution in [0.15, 0.2) is 0 Å². The van der Waals surface area contributed by atoms with Gasteiger partial charge in [-0.1, -0.05) is 6.92 Å². The summed E-state index contributed by atoms with van der Waals surface area (Å²) in [5.74, 6) is 2.49. The lowest BCUT2D eigenvalue weighted by molar-refractivity contribution is -0.121. The van der Waals surface area contributed by atoms with Crippen molar-refractivity contribution in [2.24, 2.45) is 0 Å². The Labute approximate surface area is 96.8 Å². The lowest BCUT2D eigenvalue weighted by Crippen LogP contribution is -2.39. The van der Waals surface area contributed by atoms with Gasteiger partial charge in [0.25, 0.3) is 0 Å². The molecule has 2 atom stereocenters. The van der Waals surface area contributed by atoms with Crippen molar-refractivity contribution in [1.82, 2.24) is 10.6 Å². The molecule has 0 aromatic rings. The third-order valence-corrected chi connectivity index (χ3v) is 3.72. The number of hydrogen-bond acceptors (Lipinski definition) is 3. The van der Waals surface area contributed by atoms with Crippen LogP contribution in [-0.2, 0) is 4.79 Å². The maximum atomic E-state index is 11.3. The fourth-order valence-corrected chi connectivity index (χ4v) is 2.55. The van der Waals surface area contributed by atoms with E-state index in [1.807, 2.05) is 11.8 Å². The van der Waals surface area contributed by atoms with Gasteiger partial charge in [0, 0.05) is 30.8 Å². The van der Waals surface area contributed by atoms with E-state index in [-0.39, 0.29) is 5.91 Å². The van der Waals surface area contributed by atoms with E-state index in [9.17, 15) is 4.79 Å². The molecule has 15 heavy (non-hydrogen) atoms. The van der Waals surface area contributed by atoms with Crippen molar-refractivity contribution in [3.05, 3.63) is 0 Å². The quantitative estimate of drug-likeness (QED) is 0.750. The van der Waals surface area contributed by atoms with Gasteiger partial charge in [-0.2, -0.15) is 11.8 Å². The molecule has 0 spiro atoms. The first-order valence-electron chi connectivity index (χ1n) is 5.83. The van der Waals surface area contributed by atoms with Crippen molar-refractivity contribution in [3.63, 3.8) is 0 Å². The van der Waals surface area contributed by atoms with Crippen molar-refractivity contribution >= 4 is 17.7 Å². The Balaban J connectivity index is 2.25. The van der Waals surface area contributed by atoms with Crippen LogP contribution in [0.1, 0.15) is 33.1 Å². The number of thioether (sulfide) groups is 1. The largest absolute Gasteiger partial charge is 0.356 e. The van der Waals surface area contributed by atoms with Crippen LogP contribution in [0.4, 0.5) is 0 Å². The molecule has 0 aliphatic carbocycles. The smallest absolute Gasteiger partial charge is 0.221 e. The summed E-state index contributed by atoms with van der Waals surface area (Å²) in [5.41, 5.74) is 0. The van der Waals surface area contributed by atoms with E-state index in [0.717, 1.165) is 30.9 Å². The van der Waals surface area contributed by atoms with E-state index in [0.29, 0.717) is 18.5 Å². The molecular formula is C11H22N2OS. The first-order chi connectivity index (χ1) is 7.22. The van der Waals surface area contributed by atoms with E-state index in [1.165, 1.54) is 0 Å². The minimum absolute atomic E-state index is 0.195. The van der Waals surface area contributed by atoms with Crippen LogP contribution in [0.2, 0.25) is 0 Å². The molecule has 0 bridgehead atoms. The zero-order valence-electron chi connectivity index (χ0n) is 9.71. The van der Waals surface area contributed by atoms with Crippen LogP contribution in [0.25, 0.3) is 0 Å². The zero-order valence-corrected chi connectivity index (χ0v) is 10.5. The molecule has 0 saturated carbocycles. The summed E-state index contributed by atoms with van der Waals surface area (Å²) in [6, 6.07) is 0.880. The Morgan fingerprint density at radius 1 is 1.67 bits per heavy atom. The van der Waals surface area contributed by atoms with Crippen LogP contribution in [0, 0.1) is 0 Å². The Morgan fingerprint density at radius 2 is 2.47 bits per heavy atom. The number of carbonyl (C=O) groups excluding carboxylic acids is 1. The summed E-state index contributed by atoms with van der Waals surface area (Å²) >= 11 is 1.95. The molecule has 0 aromatic carbocycles. The van der Waals surface area contributed by atoms with Gasteiger partial charge in [-0.15, -0.1) is 0 Å². The lowest BCUT2D eigenvalue weighted by Gasteiger charge is -2.20. The normalized spacial score (nSPS) is 24.4. The molecule has 0 radical (unpaired) electrons. The Kier molecular flexibility index (Phi) is 6.10. The van der Waals surface area contributed by atoms with Crippen LogP contribution in [0.3, 0.4) is 0 Å². The van der Waals surface area contributed by atoms with Gasteiger partial charge in [-0.05, 0) is 25.5 Å². The van der Waals surface area contributed by atoms with Crippen molar-refractivity contribution in [3.8, 4) is 0 Å².